The van der Waals surface area contributed by atoms with Crippen LogP contribution in [0, 0.1) is 0 Å². The third-order valence-corrected chi connectivity index (χ3v) is 4.72. The molecule has 6 nitrogen and oxygen atoms in total. The van der Waals surface area contributed by atoms with E-state index in [2.05, 4.69) is 0 Å². The molecule has 0 aromatic heterocycles. The average molecular weight is 313 g/mol. The van der Waals surface area contributed by atoms with Gasteiger partial charge in [-0.2, -0.15) is 0 Å². The van der Waals surface area contributed by atoms with Crippen LogP contribution in [0.2, 0.25) is 0 Å². The highest BCUT2D eigenvalue weighted by molar-refractivity contribution is 5.87. The summed E-state index contributed by atoms with van der Waals surface area (Å²) in [6.07, 6.45) is 5.79. The maximum atomic E-state index is 12.7. The molecule has 126 valence electrons. The summed E-state index contributed by atoms with van der Waals surface area (Å²) in [6, 6.07) is -0.804. The molecule has 0 bridgehead atoms. The van der Waals surface area contributed by atoms with E-state index < -0.39 is 18.1 Å². The number of amides is 1. The summed E-state index contributed by atoms with van der Waals surface area (Å²) in [5.41, 5.74) is 0. The SMILES string of the molecule is CCC(OC1CCCCC1)C(=O)N1CC(OC)CC1C(=O)O. The van der Waals surface area contributed by atoms with Gasteiger partial charge in [0.1, 0.15) is 12.1 Å². The number of aliphatic carboxylic acids is 1. The van der Waals surface area contributed by atoms with Gasteiger partial charge in [-0.3, -0.25) is 4.79 Å². The topological polar surface area (TPSA) is 76.1 Å². The maximum Gasteiger partial charge on any atom is 0.326 e. The summed E-state index contributed by atoms with van der Waals surface area (Å²) < 4.78 is 11.2. The molecule has 2 aliphatic rings. The first-order valence-electron chi connectivity index (χ1n) is 8.28. The lowest BCUT2D eigenvalue weighted by atomic mass is 9.97. The van der Waals surface area contributed by atoms with Crippen molar-refractivity contribution >= 4 is 11.9 Å². The summed E-state index contributed by atoms with van der Waals surface area (Å²) in [7, 11) is 1.55. The number of carboxylic acids is 1. The van der Waals surface area contributed by atoms with Crippen LogP contribution in [0.4, 0.5) is 0 Å². The summed E-state index contributed by atoms with van der Waals surface area (Å²) in [6.45, 7) is 2.24. The Morgan fingerprint density at radius 1 is 1.23 bits per heavy atom. The van der Waals surface area contributed by atoms with Crippen LogP contribution in [0.5, 0.6) is 0 Å². The first kappa shape index (κ1) is 17.2. The van der Waals surface area contributed by atoms with Crippen molar-refractivity contribution in [3.63, 3.8) is 0 Å². The number of nitrogens with zero attached hydrogens (tertiary/aromatic N) is 1. The summed E-state index contributed by atoms with van der Waals surface area (Å²) in [5, 5.41) is 9.33. The quantitative estimate of drug-likeness (QED) is 0.809. The molecule has 2 fully saturated rings. The summed E-state index contributed by atoms with van der Waals surface area (Å²) in [4.78, 5) is 25.5. The minimum absolute atomic E-state index is 0.131. The van der Waals surface area contributed by atoms with E-state index in [1.54, 1.807) is 7.11 Å². The van der Waals surface area contributed by atoms with Crippen molar-refractivity contribution in [1.29, 1.82) is 0 Å². The van der Waals surface area contributed by atoms with Crippen LogP contribution in [0.15, 0.2) is 0 Å². The Hall–Kier alpha value is -1.14. The molecule has 1 amide bonds. The van der Waals surface area contributed by atoms with Gasteiger partial charge in [-0.15, -0.1) is 0 Å². The first-order valence-corrected chi connectivity index (χ1v) is 8.28. The predicted molar refractivity (Wildman–Crippen MR) is 80.6 cm³/mol. The zero-order valence-corrected chi connectivity index (χ0v) is 13.5. The molecule has 1 heterocycles. The Morgan fingerprint density at radius 2 is 1.91 bits per heavy atom. The van der Waals surface area contributed by atoms with Crippen LogP contribution >= 0.6 is 0 Å². The van der Waals surface area contributed by atoms with Gasteiger partial charge in [0.2, 0.25) is 0 Å². The van der Waals surface area contributed by atoms with E-state index in [0.29, 0.717) is 19.4 Å². The van der Waals surface area contributed by atoms with Crippen LogP contribution in [0.1, 0.15) is 51.9 Å². The normalized spacial score (nSPS) is 27.8. The minimum Gasteiger partial charge on any atom is -0.480 e. The number of rotatable bonds is 6. The van der Waals surface area contributed by atoms with Crippen LogP contribution in [0.25, 0.3) is 0 Å². The largest absolute Gasteiger partial charge is 0.480 e. The number of hydrogen-bond acceptors (Lipinski definition) is 4. The number of likely N-dealkylation sites (tertiary alicyclic amines) is 1. The number of hydrogen-bond donors (Lipinski definition) is 1. The first-order chi connectivity index (χ1) is 10.6. The zero-order chi connectivity index (χ0) is 16.1. The Labute approximate surface area is 131 Å². The molecule has 0 aromatic rings. The standard InChI is InChI=1S/C16H27NO5/c1-3-14(22-11-7-5-4-6-8-11)15(18)17-10-12(21-2)9-13(17)16(19)20/h11-14H,3-10H2,1-2H3,(H,19,20). The van der Waals surface area contributed by atoms with Gasteiger partial charge >= 0.3 is 5.97 Å². The third kappa shape index (κ3) is 3.98. The fourth-order valence-corrected chi connectivity index (χ4v) is 3.39. The van der Waals surface area contributed by atoms with Crippen molar-refractivity contribution in [1.82, 2.24) is 4.90 Å². The van der Waals surface area contributed by atoms with Crippen molar-refractivity contribution < 1.29 is 24.2 Å². The Morgan fingerprint density at radius 3 is 2.45 bits per heavy atom. The second kappa shape index (κ2) is 7.92. The molecule has 1 N–H and O–H groups in total. The molecule has 1 aliphatic carbocycles. The molecular weight excluding hydrogens is 286 g/mol. The molecule has 0 aromatic carbocycles. The lowest BCUT2D eigenvalue weighted by Gasteiger charge is -2.30. The molecule has 22 heavy (non-hydrogen) atoms. The van der Waals surface area contributed by atoms with Gasteiger partial charge in [-0.05, 0) is 19.3 Å². The van der Waals surface area contributed by atoms with E-state index in [-0.39, 0.29) is 18.1 Å². The van der Waals surface area contributed by atoms with Crippen LogP contribution < -0.4 is 0 Å². The molecule has 1 saturated heterocycles. The molecule has 2 rings (SSSR count). The number of carbonyl (C=O) groups excluding carboxylic acids is 1. The van der Waals surface area contributed by atoms with Crippen LogP contribution in [-0.4, -0.2) is 59.9 Å². The minimum atomic E-state index is -0.972. The van der Waals surface area contributed by atoms with E-state index in [1.807, 2.05) is 6.92 Å². The second-order valence-corrected chi connectivity index (χ2v) is 6.23. The Balaban J connectivity index is 2.01. The number of carbonyl (C=O) groups is 2. The van der Waals surface area contributed by atoms with Gasteiger partial charge in [-0.1, -0.05) is 26.2 Å². The molecule has 1 aliphatic heterocycles. The molecule has 3 unspecified atom stereocenters. The van der Waals surface area contributed by atoms with Crippen LogP contribution in [-0.2, 0) is 19.1 Å². The lowest BCUT2D eigenvalue weighted by molar-refractivity contribution is -0.157. The fraction of sp³-hybridized carbons (Fsp3) is 0.875. The second-order valence-electron chi connectivity index (χ2n) is 6.23. The monoisotopic (exact) mass is 313 g/mol. The molecular formula is C16H27NO5. The Bertz CT molecular complexity index is 394. The molecule has 0 spiro atoms. The van der Waals surface area contributed by atoms with Gasteiger partial charge < -0.3 is 19.5 Å². The summed E-state index contributed by atoms with van der Waals surface area (Å²) in [5.74, 6) is -1.18. The average Bonchev–Trinajstić information content (AvgIpc) is 2.97. The number of ether oxygens (including phenoxy) is 2. The van der Waals surface area contributed by atoms with Crippen LogP contribution in [0.3, 0.4) is 0 Å². The molecule has 3 atom stereocenters. The highest BCUT2D eigenvalue weighted by Crippen LogP contribution is 2.26. The number of methoxy groups -OCH3 is 1. The molecule has 0 radical (unpaired) electrons. The summed E-state index contributed by atoms with van der Waals surface area (Å²) >= 11 is 0. The van der Waals surface area contributed by atoms with E-state index in [1.165, 1.54) is 11.3 Å². The van der Waals surface area contributed by atoms with Crippen molar-refractivity contribution in [2.24, 2.45) is 0 Å². The third-order valence-electron chi connectivity index (χ3n) is 4.72. The van der Waals surface area contributed by atoms with E-state index in [4.69, 9.17) is 9.47 Å². The van der Waals surface area contributed by atoms with E-state index >= 15 is 0 Å². The predicted octanol–water partition coefficient (Wildman–Crippen LogP) is 1.81. The van der Waals surface area contributed by atoms with Gasteiger partial charge in [0, 0.05) is 20.1 Å². The lowest BCUT2D eigenvalue weighted by Crippen LogP contribution is -2.47. The smallest absolute Gasteiger partial charge is 0.326 e. The van der Waals surface area contributed by atoms with Crippen molar-refractivity contribution in [2.45, 2.75) is 76.2 Å². The number of carboxylic acid groups (broad SMARTS) is 1. The van der Waals surface area contributed by atoms with Gasteiger partial charge in [-0.25, -0.2) is 4.79 Å². The van der Waals surface area contributed by atoms with E-state index in [9.17, 15) is 14.7 Å². The maximum absolute atomic E-state index is 12.7. The van der Waals surface area contributed by atoms with Gasteiger partial charge in [0.25, 0.3) is 5.91 Å². The van der Waals surface area contributed by atoms with Crippen molar-refractivity contribution in [2.75, 3.05) is 13.7 Å². The van der Waals surface area contributed by atoms with Crippen molar-refractivity contribution in [3.8, 4) is 0 Å². The molecule has 6 heteroatoms. The van der Waals surface area contributed by atoms with Gasteiger partial charge in [0.15, 0.2) is 0 Å². The van der Waals surface area contributed by atoms with Gasteiger partial charge in [0.05, 0.1) is 12.2 Å². The Kier molecular flexibility index (Phi) is 6.20. The molecule has 1 saturated carbocycles. The highest BCUT2D eigenvalue weighted by Gasteiger charge is 2.42. The fourth-order valence-electron chi connectivity index (χ4n) is 3.39. The van der Waals surface area contributed by atoms with Crippen molar-refractivity contribution in [3.05, 3.63) is 0 Å². The zero-order valence-electron chi connectivity index (χ0n) is 13.5. The highest BCUT2D eigenvalue weighted by atomic mass is 16.5. The van der Waals surface area contributed by atoms with E-state index in [0.717, 1.165) is 25.7 Å².